The number of benzene rings is 1. The zero-order valence-corrected chi connectivity index (χ0v) is 13.3. The third-order valence-corrected chi connectivity index (χ3v) is 6.28. The maximum atomic E-state index is 10.8. The van der Waals surface area contributed by atoms with Crippen molar-refractivity contribution in [1.29, 1.82) is 0 Å². The van der Waals surface area contributed by atoms with E-state index in [-0.39, 0.29) is 5.69 Å². The first-order chi connectivity index (χ1) is 11.7. The smallest absolute Gasteiger partial charge is 0.269 e. The predicted molar refractivity (Wildman–Crippen MR) is 86.2 cm³/mol. The third kappa shape index (κ3) is 2.16. The van der Waals surface area contributed by atoms with Crippen LogP contribution in [0.4, 0.5) is 5.69 Å². The highest BCUT2D eigenvalue weighted by Crippen LogP contribution is 2.59. The van der Waals surface area contributed by atoms with E-state index in [9.17, 15) is 10.1 Å². The maximum absolute atomic E-state index is 10.8. The Labute approximate surface area is 139 Å². The highest BCUT2D eigenvalue weighted by molar-refractivity contribution is 5.55. The zero-order valence-electron chi connectivity index (χ0n) is 13.3. The van der Waals surface area contributed by atoms with Crippen molar-refractivity contribution >= 4 is 5.69 Å². The van der Waals surface area contributed by atoms with Crippen LogP contribution < -0.4 is 0 Å². The Kier molecular flexibility index (Phi) is 3.02. The Bertz CT molecular complexity index is 755. The minimum atomic E-state index is -0.405. The summed E-state index contributed by atoms with van der Waals surface area (Å²) in [4.78, 5) is 10.4. The van der Waals surface area contributed by atoms with Crippen LogP contribution >= 0.6 is 0 Å². The van der Waals surface area contributed by atoms with E-state index in [0.29, 0.717) is 23.6 Å². The first-order valence-corrected chi connectivity index (χ1v) is 8.75. The van der Waals surface area contributed by atoms with Gasteiger partial charge in [-0.05, 0) is 67.9 Å². The van der Waals surface area contributed by atoms with Gasteiger partial charge in [0.25, 0.3) is 5.69 Å². The summed E-state index contributed by atoms with van der Waals surface area (Å²) in [5.41, 5.74) is 0.808. The van der Waals surface area contributed by atoms with Crippen molar-refractivity contribution in [2.24, 2.45) is 23.7 Å². The minimum absolute atomic E-state index is 0.0690. The summed E-state index contributed by atoms with van der Waals surface area (Å²) >= 11 is 0. The molecule has 4 bridgehead atoms. The molecule has 1 aromatic carbocycles. The van der Waals surface area contributed by atoms with Crippen molar-refractivity contribution in [3.8, 4) is 11.5 Å². The first kappa shape index (κ1) is 14.1. The Hall–Kier alpha value is -2.24. The molecule has 0 unspecified atom stereocenters. The summed E-state index contributed by atoms with van der Waals surface area (Å²) < 4.78 is 6.00. The lowest BCUT2D eigenvalue weighted by atomic mass is 9.52. The minimum Gasteiger partial charge on any atom is -0.420 e. The van der Waals surface area contributed by atoms with Gasteiger partial charge in [0.15, 0.2) is 0 Å². The van der Waals surface area contributed by atoms with Gasteiger partial charge >= 0.3 is 0 Å². The van der Waals surface area contributed by atoms with Crippen molar-refractivity contribution < 1.29 is 9.34 Å². The quantitative estimate of drug-likeness (QED) is 0.624. The molecule has 4 aliphatic carbocycles. The number of nitro benzene ring substituents is 1. The molecule has 1 heterocycles. The summed E-state index contributed by atoms with van der Waals surface area (Å²) in [6.45, 7) is 0. The lowest BCUT2D eigenvalue weighted by Gasteiger charge is -2.53. The molecule has 0 saturated heterocycles. The van der Waals surface area contributed by atoms with Crippen molar-refractivity contribution in [3.63, 3.8) is 0 Å². The van der Waals surface area contributed by atoms with Gasteiger partial charge in [-0.25, -0.2) is 0 Å². The highest BCUT2D eigenvalue weighted by Gasteiger charge is 2.50. The summed E-state index contributed by atoms with van der Waals surface area (Å²) in [7, 11) is 0. The fourth-order valence-corrected chi connectivity index (χ4v) is 5.54. The van der Waals surface area contributed by atoms with Crippen molar-refractivity contribution in [2.75, 3.05) is 0 Å². The van der Waals surface area contributed by atoms with Gasteiger partial charge in [0, 0.05) is 23.6 Å². The summed E-state index contributed by atoms with van der Waals surface area (Å²) in [6.07, 6.45) is 6.68. The molecule has 0 aliphatic heterocycles. The average Bonchev–Trinajstić information content (AvgIpc) is 3.03. The van der Waals surface area contributed by atoms with Gasteiger partial charge < -0.3 is 4.42 Å². The summed E-state index contributed by atoms with van der Waals surface area (Å²) in [5.74, 6) is 4.89. The van der Waals surface area contributed by atoms with Crippen LogP contribution in [0.25, 0.3) is 11.5 Å². The number of nitrogens with zero attached hydrogens (tertiary/aromatic N) is 3. The molecule has 0 radical (unpaired) electrons. The fourth-order valence-electron chi connectivity index (χ4n) is 5.54. The van der Waals surface area contributed by atoms with Crippen LogP contribution in [0.15, 0.2) is 28.7 Å². The van der Waals surface area contributed by atoms with Gasteiger partial charge in [0.2, 0.25) is 11.8 Å². The van der Waals surface area contributed by atoms with Crippen LogP contribution in [-0.4, -0.2) is 15.1 Å². The van der Waals surface area contributed by atoms with Crippen LogP contribution in [0.1, 0.15) is 43.9 Å². The molecule has 6 heteroatoms. The van der Waals surface area contributed by atoms with E-state index in [0.717, 1.165) is 23.3 Å². The summed E-state index contributed by atoms with van der Waals surface area (Å²) in [6, 6.07) is 6.29. The largest absolute Gasteiger partial charge is 0.420 e. The van der Waals surface area contributed by atoms with E-state index in [1.54, 1.807) is 12.1 Å². The maximum Gasteiger partial charge on any atom is 0.269 e. The van der Waals surface area contributed by atoms with Crippen LogP contribution in [0.5, 0.6) is 0 Å². The van der Waals surface area contributed by atoms with E-state index in [1.807, 2.05) is 0 Å². The Morgan fingerprint density at radius 2 is 1.58 bits per heavy atom. The molecule has 0 atom stereocenters. The molecule has 1 aromatic heterocycles. The lowest BCUT2D eigenvalue weighted by molar-refractivity contribution is -0.384. The van der Waals surface area contributed by atoms with E-state index >= 15 is 0 Å². The van der Waals surface area contributed by atoms with Gasteiger partial charge in [-0.15, -0.1) is 10.2 Å². The fraction of sp³-hybridized carbons (Fsp3) is 0.556. The first-order valence-electron chi connectivity index (χ1n) is 8.75. The van der Waals surface area contributed by atoms with Crippen LogP contribution in [0, 0.1) is 33.8 Å². The SMILES string of the molecule is O=[N+]([O-])c1ccc(-c2nnc(C3C4CC5CC(C4)CC3C5)o2)cc1. The molecule has 24 heavy (non-hydrogen) atoms. The highest BCUT2D eigenvalue weighted by atomic mass is 16.6. The molecule has 4 saturated carbocycles. The topological polar surface area (TPSA) is 82.1 Å². The van der Waals surface area contributed by atoms with Crippen molar-refractivity contribution in [1.82, 2.24) is 10.2 Å². The second-order valence-electron chi connectivity index (χ2n) is 7.71. The van der Waals surface area contributed by atoms with Gasteiger partial charge in [-0.2, -0.15) is 0 Å². The predicted octanol–water partition coefficient (Wildman–Crippen LogP) is 4.18. The lowest BCUT2D eigenvalue weighted by Crippen LogP contribution is -2.43. The van der Waals surface area contributed by atoms with E-state index in [1.165, 1.54) is 44.2 Å². The molecule has 4 aliphatic rings. The number of hydrogen-bond donors (Lipinski definition) is 0. The molecule has 2 aromatic rings. The zero-order chi connectivity index (χ0) is 16.3. The van der Waals surface area contributed by atoms with Crippen molar-refractivity contribution in [2.45, 2.75) is 38.0 Å². The standard InChI is InChI=1S/C18H19N3O3/c22-21(23)15-3-1-12(2-4-15)17-19-20-18(24-17)16-13-6-10-5-11(8-13)9-14(16)7-10/h1-4,10-11,13-14,16H,5-9H2. The number of aromatic nitrogens is 2. The second kappa shape index (κ2) is 5.13. The van der Waals surface area contributed by atoms with Crippen LogP contribution in [0.3, 0.4) is 0 Å². The number of nitro groups is 1. The van der Waals surface area contributed by atoms with Gasteiger partial charge in [0.1, 0.15) is 0 Å². The molecule has 6 nitrogen and oxygen atoms in total. The molecule has 4 fully saturated rings. The monoisotopic (exact) mass is 325 g/mol. The molecule has 0 amide bonds. The molecular formula is C18H19N3O3. The number of rotatable bonds is 3. The van der Waals surface area contributed by atoms with Crippen molar-refractivity contribution in [3.05, 3.63) is 40.3 Å². The normalized spacial score (nSPS) is 33.8. The number of hydrogen-bond acceptors (Lipinski definition) is 5. The van der Waals surface area contributed by atoms with Crippen LogP contribution in [-0.2, 0) is 0 Å². The van der Waals surface area contributed by atoms with E-state index in [4.69, 9.17) is 4.42 Å². The van der Waals surface area contributed by atoms with E-state index in [2.05, 4.69) is 10.2 Å². The Morgan fingerprint density at radius 3 is 2.17 bits per heavy atom. The van der Waals surface area contributed by atoms with Gasteiger partial charge in [-0.3, -0.25) is 10.1 Å². The van der Waals surface area contributed by atoms with E-state index < -0.39 is 4.92 Å². The second-order valence-corrected chi connectivity index (χ2v) is 7.71. The Morgan fingerprint density at radius 1 is 0.958 bits per heavy atom. The van der Waals surface area contributed by atoms with Gasteiger partial charge in [0.05, 0.1) is 4.92 Å². The molecule has 0 N–H and O–H groups in total. The Balaban J connectivity index is 1.42. The summed E-state index contributed by atoms with van der Waals surface area (Å²) in [5, 5.41) is 19.3. The number of non-ortho nitro benzene ring substituents is 1. The van der Waals surface area contributed by atoms with Gasteiger partial charge in [-0.1, -0.05) is 0 Å². The van der Waals surface area contributed by atoms with Crippen LogP contribution in [0.2, 0.25) is 0 Å². The third-order valence-electron chi connectivity index (χ3n) is 6.28. The molecule has 0 spiro atoms. The molecule has 6 rings (SSSR count). The molecular weight excluding hydrogens is 306 g/mol. The molecule has 124 valence electrons. The average molecular weight is 325 g/mol.